The molecule has 3 aromatic rings. The van der Waals surface area contributed by atoms with Crippen LogP contribution in [0.4, 0.5) is 10.5 Å². The fourth-order valence-electron chi connectivity index (χ4n) is 3.48. The lowest BCUT2D eigenvalue weighted by Crippen LogP contribution is -2.32. The average Bonchev–Trinajstić information content (AvgIpc) is 3.15. The molecule has 0 unspecified atom stereocenters. The van der Waals surface area contributed by atoms with Crippen LogP contribution >= 0.6 is 11.8 Å². The fraction of sp³-hybridized carbons (Fsp3) is 0.154. The van der Waals surface area contributed by atoms with Crippen LogP contribution < -0.4 is 14.2 Å². The van der Waals surface area contributed by atoms with Crippen molar-refractivity contribution in [2.45, 2.75) is 6.61 Å². The monoisotopic (exact) mass is 506 g/mol. The average molecular weight is 507 g/mol. The Balaban J connectivity index is 1.45. The van der Waals surface area contributed by atoms with E-state index in [4.69, 9.17) is 14.2 Å². The van der Waals surface area contributed by atoms with Gasteiger partial charge in [-0.05, 0) is 53.7 Å². The molecule has 0 bridgehead atoms. The number of hydrogen-bond acceptors (Lipinski definition) is 8. The molecule has 36 heavy (non-hydrogen) atoms. The van der Waals surface area contributed by atoms with E-state index >= 15 is 0 Å². The fourth-order valence-corrected chi connectivity index (χ4v) is 4.34. The Kier molecular flexibility index (Phi) is 7.86. The molecular weight excluding hydrogens is 484 g/mol. The van der Waals surface area contributed by atoms with Gasteiger partial charge in [-0.2, -0.15) is 0 Å². The summed E-state index contributed by atoms with van der Waals surface area (Å²) in [5.41, 5.74) is 0.978. The summed E-state index contributed by atoms with van der Waals surface area (Å²) < 4.78 is 16.8. The number of imide groups is 1. The number of methoxy groups -OCH3 is 1. The van der Waals surface area contributed by atoms with Crippen molar-refractivity contribution < 1.29 is 28.7 Å². The molecule has 1 saturated heterocycles. The van der Waals surface area contributed by atoms with Gasteiger partial charge in [-0.15, -0.1) is 0 Å². The summed E-state index contributed by atoms with van der Waals surface area (Å²) in [4.78, 5) is 37.5. The zero-order valence-corrected chi connectivity index (χ0v) is 20.1. The van der Waals surface area contributed by atoms with Crippen LogP contribution in [0.2, 0.25) is 0 Å². The SMILES string of the molecule is COc1ccc(/C=C2\SC(=O)N(CCOc3ccccc3)C2=O)cc1OCc1ccccc1[N+](=O)[O-]. The van der Waals surface area contributed by atoms with Crippen molar-refractivity contribution in [3.8, 4) is 17.2 Å². The van der Waals surface area contributed by atoms with Gasteiger partial charge < -0.3 is 14.2 Å². The number of nitrogens with zero attached hydrogens (tertiary/aromatic N) is 2. The van der Waals surface area contributed by atoms with E-state index in [1.807, 2.05) is 18.2 Å². The zero-order valence-electron chi connectivity index (χ0n) is 19.3. The van der Waals surface area contributed by atoms with Crippen molar-refractivity contribution in [1.82, 2.24) is 4.90 Å². The number of rotatable bonds is 10. The van der Waals surface area contributed by atoms with Gasteiger partial charge in [-0.25, -0.2) is 0 Å². The van der Waals surface area contributed by atoms with Crippen molar-refractivity contribution >= 4 is 34.7 Å². The Morgan fingerprint density at radius 1 is 0.972 bits per heavy atom. The van der Waals surface area contributed by atoms with Crippen molar-refractivity contribution in [2.75, 3.05) is 20.3 Å². The van der Waals surface area contributed by atoms with Gasteiger partial charge in [0.2, 0.25) is 0 Å². The van der Waals surface area contributed by atoms with Gasteiger partial charge in [0.1, 0.15) is 19.0 Å². The number of amides is 2. The lowest BCUT2D eigenvalue weighted by atomic mass is 10.1. The molecular formula is C26H22N2O7S. The number of carbonyl (C=O) groups is 2. The Bertz CT molecular complexity index is 1310. The van der Waals surface area contributed by atoms with Gasteiger partial charge in [0.05, 0.1) is 29.0 Å². The molecule has 0 atom stereocenters. The number of nitro groups is 1. The van der Waals surface area contributed by atoms with Crippen LogP contribution in [0.15, 0.2) is 77.7 Å². The summed E-state index contributed by atoms with van der Waals surface area (Å²) in [6, 6.07) is 20.5. The van der Waals surface area contributed by atoms with E-state index in [0.717, 1.165) is 16.7 Å². The van der Waals surface area contributed by atoms with Gasteiger partial charge in [0.15, 0.2) is 11.5 Å². The molecule has 1 aliphatic rings. The Hall–Kier alpha value is -4.31. The van der Waals surface area contributed by atoms with E-state index < -0.39 is 10.8 Å². The molecule has 10 heteroatoms. The first-order valence-electron chi connectivity index (χ1n) is 10.9. The topological polar surface area (TPSA) is 108 Å². The maximum absolute atomic E-state index is 12.8. The molecule has 0 aliphatic carbocycles. The summed E-state index contributed by atoms with van der Waals surface area (Å²) in [6.07, 6.45) is 1.60. The Labute approximate surface area is 211 Å². The molecule has 0 radical (unpaired) electrons. The quantitative estimate of drug-likeness (QED) is 0.207. The second-order valence-corrected chi connectivity index (χ2v) is 8.57. The minimum absolute atomic E-state index is 0.0439. The third-order valence-electron chi connectivity index (χ3n) is 5.26. The highest BCUT2D eigenvalue weighted by Gasteiger charge is 2.34. The highest BCUT2D eigenvalue weighted by atomic mass is 32.2. The maximum atomic E-state index is 12.8. The molecule has 0 N–H and O–H groups in total. The molecule has 184 valence electrons. The first-order chi connectivity index (χ1) is 17.5. The standard InChI is InChI=1S/C26H22N2O7S/c1-33-22-12-11-18(15-23(22)35-17-19-7-5-6-10-21(19)28(31)32)16-24-25(29)27(26(30)36-24)13-14-34-20-8-3-2-4-9-20/h2-12,15-16H,13-14,17H2,1H3/b24-16-. The lowest BCUT2D eigenvalue weighted by molar-refractivity contribution is -0.385. The normalized spacial score (nSPS) is 14.2. The molecule has 1 fully saturated rings. The zero-order chi connectivity index (χ0) is 25.5. The maximum Gasteiger partial charge on any atom is 0.293 e. The Morgan fingerprint density at radius 3 is 2.47 bits per heavy atom. The number of benzene rings is 3. The van der Waals surface area contributed by atoms with Crippen LogP contribution in [0.1, 0.15) is 11.1 Å². The van der Waals surface area contributed by atoms with Crippen LogP contribution in [0.25, 0.3) is 6.08 Å². The third-order valence-corrected chi connectivity index (χ3v) is 6.16. The lowest BCUT2D eigenvalue weighted by Gasteiger charge is -2.13. The molecule has 1 aliphatic heterocycles. The van der Waals surface area contributed by atoms with E-state index in [1.165, 1.54) is 13.2 Å². The molecule has 1 heterocycles. The summed E-state index contributed by atoms with van der Waals surface area (Å²) in [6.45, 7) is 0.264. The van der Waals surface area contributed by atoms with Gasteiger partial charge >= 0.3 is 0 Å². The molecule has 2 amide bonds. The minimum Gasteiger partial charge on any atom is -0.493 e. The summed E-state index contributed by atoms with van der Waals surface area (Å²) in [7, 11) is 1.48. The number of nitro benzene ring substituents is 1. The predicted octanol–water partition coefficient (Wildman–Crippen LogP) is 5.30. The van der Waals surface area contributed by atoms with Crippen LogP contribution in [-0.4, -0.2) is 41.2 Å². The van der Waals surface area contributed by atoms with Crippen LogP contribution in [0.3, 0.4) is 0 Å². The minimum atomic E-state index is -0.465. The van der Waals surface area contributed by atoms with Crippen molar-refractivity contribution in [3.63, 3.8) is 0 Å². The molecule has 3 aromatic carbocycles. The van der Waals surface area contributed by atoms with E-state index in [0.29, 0.717) is 28.4 Å². The second kappa shape index (κ2) is 11.4. The number of hydrogen-bond donors (Lipinski definition) is 0. The first-order valence-corrected chi connectivity index (χ1v) is 11.7. The molecule has 0 saturated carbocycles. The van der Waals surface area contributed by atoms with Crippen molar-refractivity contribution in [1.29, 1.82) is 0 Å². The first kappa shape index (κ1) is 24.8. The van der Waals surface area contributed by atoms with E-state index in [-0.39, 0.29) is 35.6 Å². The molecule has 9 nitrogen and oxygen atoms in total. The predicted molar refractivity (Wildman–Crippen MR) is 135 cm³/mol. The smallest absolute Gasteiger partial charge is 0.293 e. The number of ether oxygens (including phenoxy) is 3. The van der Waals surface area contributed by atoms with Crippen LogP contribution in [0, 0.1) is 10.1 Å². The highest BCUT2D eigenvalue weighted by Crippen LogP contribution is 2.35. The largest absolute Gasteiger partial charge is 0.493 e. The van der Waals surface area contributed by atoms with Gasteiger partial charge in [-0.3, -0.25) is 24.6 Å². The highest BCUT2D eigenvalue weighted by molar-refractivity contribution is 8.18. The van der Waals surface area contributed by atoms with Crippen molar-refractivity contribution in [2.24, 2.45) is 0 Å². The van der Waals surface area contributed by atoms with Crippen LogP contribution in [-0.2, 0) is 11.4 Å². The van der Waals surface area contributed by atoms with Gasteiger partial charge in [0, 0.05) is 6.07 Å². The molecule has 0 aromatic heterocycles. The van der Waals surface area contributed by atoms with Gasteiger partial charge in [-0.1, -0.05) is 36.4 Å². The number of carbonyl (C=O) groups excluding carboxylic acids is 2. The summed E-state index contributed by atoms with van der Waals surface area (Å²) in [5.74, 6) is 1.03. The summed E-state index contributed by atoms with van der Waals surface area (Å²) >= 11 is 0.850. The van der Waals surface area contributed by atoms with Gasteiger partial charge in [0.25, 0.3) is 16.8 Å². The second-order valence-electron chi connectivity index (χ2n) is 7.58. The van der Waals surface area contributed by atoms with Crippen LogP contribution in [0.5, 0.6) is 17.2 Å². The molecule has 4 rings (SSSR count). The summed E-state index contributed by atoms with van der Waals surface area (Å²) in [5, 5.41) is 10.9. The Morgan fingerprint density at radius 2 is 1.72 bits per heavy atom. The molecule has 0 spiro atoms. The number of para-hydroxylation sites is 2. The van der Waals surface area contributed by atoms with E-state index in [2.05, 4.69) is 0 Å². The van der Waals surface area contributed by atoms with E-state index in [1.54, 1.807) is 54.6 Å². The third kappa shape index (κ3) is 5.84. The number of thioether (sulfide) groups is 1. The van der Waals surface area contributed by atoms with Crippen molar-refractivity contribution in [3.05, 3.63) is 98.9 Å². The van der Waals surface area contributed by atoms with E-state index in [9.17, 15) is 19.7 Å².